The number of nitrogens with one attached hydrogen (secondary N) is 1. The van der Waals surface area contributed by atoms with Crippen molar-refractivity contribution in [3.05, 3.63) is 58.7 Å². The number of hydrogen-bond acceptors (Lipinski definition) is 6. The third kappa shape index (κ3) is 4.66. The van der Waals surface area contributed by atoms with Gasteiger partial charge in [-0.2, -0.15) is 0 Å². The van der Waals surface area contributed by atoms with Gasteiger partial charge in [0.1, 0.15) is 23.0 Å². The van der Waals surface area contributed by atoms with Gasteiger partial charge in [-0.3, -0.25) is 9.59 Å². The summed E-state index contributed by atoms with van der Waals surface area (Å²) in [6, 6.07) is 9.52. The van der Waals surface area contributed by atoms with Crippen molar-refractivity contribution in [1.29, 1.82) is 0 Å². The first kappa shape index (κ1) is 24.1. The van der Waals surface area contributed by atoms with E-state index >= 15 is 0 Å². The van der Waals surface area contributed by atoms with Gasteiger partial charge in [0.2, 0.25) is 0 Å². The van der Waals surface area contributed by atoms with E-state index in [4.69, 9.17) is 14.2 Å². The van der Waals surface area contributed by atoms with Crippen LogP contribution >= 0.6 is 0 Å². The molecule has 1 amide bonds. The van der Waals surface area contributed by atoms with Crippen molar-refractivity contribution in [1.82, 2.24) is 4.90 Å². The number of amides is 1. The maximum atomic E-state index is 13.2. The summed E-state index contributed by atoms with van der Waals surface area (Å²) in [5, 5.41) is 11.3. The molecule has 2 N–H and O–H groups in total. The number of carbonyl (C=O) groups is 2. The number of quaternary nitrogens is 1. The second-order valence-corrected chi connectivity index (χ2v) is 8.24. The molecule has 1 heterocycles. The van der Waals surface area contributed by atoms with Gasteiger partial charge in [-0.05, 0) is 42.8 Å². The third-order valence-electron chi connectivity index (χ3n) is 5.80. The molecule has 0 radical (unpaired) electrons. The molecule has 1 aliphatic rings. The maximum absolute atomic E-state index is 13.2. The second kappa shape index (κ2) is 9.95. The van der Waals surface area contributed by atoms with Crippen LogP contribution in [0.25, 0.3) is 5.76 Å². The number of Topliss-reactive ketones (excluding diaryl/α,β-unsaturated/α-hetero) is 1. The summed E-state index contributed by atoms with van der Waals surface area (Å²) in [5.41, 5.74) is 1.85. The van der Waals surface area contributed by atoms with Crippen LogP contribution in [0.15, 0.2) is 42.0 Å². The van der Waals surface area contributed by atoms with Gasteiger partial charge in [0.15, 0.2) is 0 Å². The normalized spacial score (nSPS) is 17.5. The molecular formula is C25H31N2O6+. The van der Waals surface area contributed by atoms with Gasteiger partial charge in [0, 0.05) is 17.2 Å². The summed E-state index contributed by atoms with van der Waals surface area (Å²) in [6.45, 7) is 2.81. The van der Waals surface area contributed by atoms with Crippen molar-refractivity contribution in [2.75, 3.05) is 48.5 Å². The second-order valence-electron chi connectivity index (χ2n) is 8.24. The topological polar surface area (TPSA) is 89.7 Å². The van der Waals surface area contributed by atoms with Crippen molar-refractivity contribution in [2.24, 2.45) is 0 Å². The van der Waals surface area contributed by atoms with E-state index in [0.29, 0.717) is 41.5 Å². The predicted molar refractivity (Wildman–Crippen MR) is 124 cm³/mol. The molecule has 2 aromatic rings. The number of carbonyl (C=O) groups excluding carboxylic acids is 2. The molecular weight excluding hydrogens is 424 g/mol. The number of aliphatic hydroxyl groups is 1. The lowest BCUT2D eigenvalue weighted by atomic mass is 9.94. The molecule has 0 aromatic heterocycles. The van der Waals surface area contributed by atoms with Crippen molar-refractivity contribution in [3.8, 4) is 17.2 Å². The summed E-state index contributed by atoms with van der Waals surface area (Å²) in [4.78, 5) is 28.9. The lowest BCUT2D eigenvalue weighted by Gasteiger charge is -2.27. The summed E-state index contributed by atoms with van der Waals surface area (Å²) in [6.07, 6.45) is 0. The van der Waals surface area contributed by atoms with Gasteiger partial charge in [0.25, 0.3) is 11.7 Å². The fraction of sp³-hybridized carbons (Fsp3) is 0.360. The highest BCUT2D eigenvalue weighted by Crippen LogP contribution is 2.43. The minimum absolute atomic E-state index is 0.0294. The SMILES string of the molecule is COc1ccc(C2C(=C(O)c3ccc(OC)c(C)c3)C(=O)C(=O)N2CC[NH+](C)C)c(OC)c1. The fourth-order valence-corrected chi connectivity index (χ4v) is 4.00. The number of aryl methyl sites for hydroxylation is 1. The van der Waals surface area contributed by atoms with E-state index in [1.165, 1.54) is 12.0 Å². The first-order valence-corrected chi connectivity index (χ1v) is 10.7. The van der Waals surface area contributed by atoms with Crippen LogP contribution in [0, 0.1) is 6.92 Å². The number of hydrogen-bond donors (Lipinski definition) is 2. The minimum atomic E-state index is -0.799. The molecule has 176 valence electrons. The van der Waals surface area contributed by atoms with Crippen molar-refractivity contribution < 1.29 is 33.8 Å². The molecule has 3 rings (SSSR count). The zero-order valence-corrected chi connectivity index (χ0v) is 19.9. The lowest BCUT2D eigenvalue weighted by molar-refractivity contribution is -0.857. The van der Waals surface area contributed by atoms with Crippen molar-refractivity contribution in [3.63, 3.8) is 0 Å². The predicted octanol–water partition coefficient (Wildman–Crippen LogP) is 1.59. The third-order valence-corrected chi connectivity index (χ3v) is 5.80. The van der Waals surface area contributed by atoms with E-state index in [-0.39, 0.29) is 11.3 Å². The molecule has 1 atom stereocenters. The number of nitrogens with zero attached hydrogens (tertiary/aromatic N) is 1. The van der Waals surface area contributed by atoms with Crippen LogP contribution in [0.1, 0.15) is 22.7 Å². The lowest BCUT2D eigenvalue weighted by Crippen LogP contribution is -3.06. The Labute approximate surface area is 194 Å². The number of likely N-dealkylation sites (tertiary alicyclic amines) is 1. The summed E-state index contributed by atoms with van der Waals surface area (Å²) in [5.74, 6) is 0.0934. The van der Waals surface area contributed by atoms with Gasteiger partial charge < -0.3 is 29.1 Å². The molecule has 0 bridgehead atoms. The van der Waals surface area contributed by atoms with Gasteiger partial charge >= 0.3 is 0 Å². The summed E-state index contributed by atoms with van der Waals surface area (Å²) >= 11 is 0. The molecule has 8 heteroatoms. The van der Waals surface area contributed by atoms with Crippen LogP contribution in [-0.4, -0.2) is 70.2 Å². The van der Waals surface area contributed by atoms with Crippen LogP contribution in [0.2, 0.25) is 0 Å². The highest BCUT2D eigenvalue weighted by molar-refractivity contribution is 6.46. The number of likely N-dealkylation sites (N-methyl/N-ethyl adjacent to an activating group) is 1. The maximum Gasteiger partial charge on any atom is 0.295 e. The smallest absolute Gasteiger partial charge is 0.295 e. The highest BCUT2D eigenvalue weighted by atomic mass is 16.5. The number of methoxy groups -OCH3 is 3. The van der Waals surface area contributed by atoms with Crippen LogP contribution in [0.5, 0.6) is 17.2 Å². The number of ether oxygens (including phenoxy) is 3. The zero-order valence-electron chi connectivity index (χ0n) is 19.9. The molecule has 8 nitrogen and oxygen atoms in total. The van der Waals surface area contributed by atoms with Crippen LogP contribution in [0.3, 0.4) is 0 Å². The van der Waals surface area contributed by atoms with Gasteiger partial charge in [-0.1, -0.05) is 0 Å². The minimum Gasteiger partial charge on any atom is -0.507 e. The quantitative estimate of drug-likeness (QED) is 0.357. The number of ketones is 1. The highest BCUT2D eigenvalue weighted by Gasteiger charge is 2.47. The average Bonchev–Trinajstić information content (AvgIpc) is 3.06. The molecule has 1 unspecified atom stereocenters. The Bertz CT molecular complexity index is 1090. The van der Waals surface area contributed by atoms with E-state index in [2.05, 4.69) is 0 Å². The Morgan fingerprint density at radius 2 is 1.70 bits per heavy atom. The van der Waals surface area contributed by atoms with E-state index in [0.717, 1.165) is 10.5 Å². The molecule has 1 aliphatic heterocycles. The van der Waals surface area contributed by atoms with Crippen LogP contribution < -0.4 is 19.1 Å². The zero-order chi connectivity index (χ0) is 24.3. The van der Waals surface area contributed by atoms with E-state index < -0.39 is 17.7 Å². The molecule has 2 aromatic carbocycles. The molecule has 0 spiro atoms. The molecule has 1 saturated heterocycles. The number of rotatable bonds is 8. The Kier molecular flexibility index (Phi) is 7.28. The fourth-order valence-electron chi connectivity index (χ4n) is 4.00. The van der Waals surface area contributed by atoms with E-state index in [1.54, 1.807) is 50.6 Å². The monoisotopic (exact) mass is 455 g/mol. The molecule has 0 aliphatic carbocycles. The van der Waals surface area contributed by atoms with Gasteiger partial charge in [-0.15, -0.1) is 0 Å². The summed E-state index contributed by atoms with van der Waals surface area (Å²) in [7, 11) is 8.57. The molecule has 33 heavy (non-hydrogen) atoms. The van der Waals surface area contributed by atoms with Crippen LogP contribution in [0.4, 0.5) is 0 Å². The van der Waals surface area contributed by atoms with Crippen molar-refractivity contribution in [2.45, 2.75) is 13.0 Å². The molecule has 1 fully saturated rings. The standard InChI is InChI=1S/C25H30N2O6/c1-15-13-16(7-10-19(15)32-5)23(28)21-22(18-9-8-17(31-4)14-20(18)33-6)27(12-11-26(2)3)25(30)24(21)29/h7-10,13-14,22,28H,11-12H2,1-6H3/p+1. The van der Waals surface area contributed by atoms with Crippen LogP contribution in [-0.2, 0) is 9.59 Å². The van der Waals surface area contributed by atoms with E-state index in [9.17, 15) is 14.7 Å². The number of benzene rings is 2. The Hall–Kier alpha value is -3.52. The first-order chi connectivity index (χ1) is 15.7. The van der Waals surface area contributed by atoms with Gasteiger partial charge in [0.05, 0.1) is 60.1 Å². The Morgan fingerprint density at radius 1 is 1.00 bits per heavy atom. The Balaban J connectivity index is 2.22. The van der Waals surface area contributed by atoms with Gasteiger partial charge in [-0.25, -0.2) is 0 Å². The number of aliphatic hydroxyl groups excluding tert-OH is 1. The molecule has 0 saturated carbocycles. The van der Waals surface area contributed by atoms with E-state index in [1.807, 2.05) is 21.0 Å². The van der Waals surface area contributed by atoms with Crippen molar-refractivity contribution >= 4 is 17.4 Å². The average molecular weight is 456 g/mol. The summed E-state index contributed by atoms with van der Waals surface area (Å²) < 4.78 is 16.2. The largest absolute Gasteiger partial charge is 0.507 e. The Morgan fingerprint density at radius 3 is 2.27 bits per heavy atom. The first-order valence-electron chi connectivity index (χ1n) is 10.7.